The molecule has 3 aromatic carbocycles. The number of rotatable bonds is 12. The van der Waals surface area contributed by atoms with Crippen LogP contribution in [0.25, 0.3) is 5.69 Å². The molecule has 1 heterocycles. The number of ether oxygens (including phenoxy) is 2. The summed E-state index contributed by atoms with van der Waals surface area (Å²) >= 11 is 0. The topological polar surface area (TPSA) is 102 Å². The minimum absolute atomic E-state index is 0.00239. The molecule has 1 aromatic heterocycles. The Bertz CT molecular complexity index is 1790. The molecule has 0 unspecified atom stereocenters. The molecule has 0 fully saturated rings. The number of para-hydroxylation sites is 1. The van der Waals surface area contributed by atoms with E-state index in [2.05, 4.69) is 10.5 Å². The number of amides is 1. The minimum atomic E-state index is -4.55. The van der Waals surface area contributed by atoms with Gasteiger partial charge in [0.25, 0.3) is 5.91 Å². The predicted octanol–water partition coefficient (Wildman–Crippen LogP) is 5.51. The molecule has 1 N–H and O–H groups in total. The summed E-state index contributed by atoms with van der Waals surface area (Å²) in [5.41, 5.74) is 3.90. The zero-order chi connectivity index (χ0) is 32.8. The van der Waals surface area contributed by atoms with Crippen molar-refractivity contribution in [3.05, 3.63) is 107 Å². The molecule has 0 bridgehead atoms. The van der Waals surface area contributed by atoms with Crippen LogP contribution in [-0.2, 0) is 27.4 Å². The SMILES string of the molecule is COc1ccc(S(=O)(=O)N(CCc2ccccc2)CC(=O)N/N=C/c2cc(C)n(-c3ccccc3C(F)(F)F)c2C)cc1OC. The molecule has 0 aliphatic heterocycles. The van der Waals surface area contributed by atoms with Crippen LogP contribution in [0.2, 0.25) is 0 Å². The molecule has 0 atom stereocenters. The quantitative estimate of drug-likeness (QED) is 0.162. The fourth-order valence-corrected chi connectivity index (χ4v) is 6.29. The van der Waals surface area contributed by atoms with Crippen molar-refractivity contribution >= 4 is 22.1 Å². The van der Waals surface area contributed by atoms with Gasteiger partial charge in [0, 0.05) is 29.6 Å². The van der Waals surface area contributed by atoms with E-state index in [0.717, 1.165) is 15.9 Å². The van der Waals surface area contributed by atoms with Crippen molar-refractivity contribution in [3.8, 4) is 17.2 Å². The van der Waals surface area contributed by atoms with Crippen LogP contribution in [0.5, 0.6) is 11.5 Å². The summed E-state index contributed by atoms with van der Waals surface area (Å²) in [6, 6.07) is 20.3. The Morgan fingerprint density at radius 3 is 2.29 bits per heavy atom. The number of hydrazone groups is 1. The summed E-state index contributed by atoms with van der Waals surface area (Å²) in [4.78, 5) is 12.9. The van der Waals surface area contributed by atoms with Crippen molar-refractivity contribution < 1.29 is 35.9 Å². The number of alkyl halides is 3. The van der Waals surface area contributed by atoms with Crippen LogP contribution in [0.15, 0.2) is 88.9 Å². The maximum Gasteiger partial charge on any atom is 0.418 e. The van der Waals surface area contributed by atoms with Gasteiger partial charge in [-0.25, -0.2) is 13.8 Å². The molecule has 0 spiro atoms. The second-order valence-corrected chi connectivity index (χ2v) is 12.0. The fraction of sp³-hybridized carbons (Fsp3) is 0.250. The molecule has 9 nitrogen and oxygen atoms in total. The van der Waals surface area contributed by atoms with Gasteiger partial charge in [0.05, 0.1) is 43.1 Å². The minimum Gasteiger partial charge on any atom is -0.493 e. The summed E-state index contributed by atoms with van der Waals surface area (Å²) in [6.45, 7) is 2.76. The third kappa shape index (κ3) is 7.73. The maximum atomic E-state index is 13.7. The molecule has 0 saturated carbocycles. The lowest BCUT2D eigenvalue weighted by molar-refractivity contribution is -0.137. The largest absolute Gasteiger partial charge is 0.493 e. The average Bonchev–Trinajstić information content (AvgIpc) is 3.30. The Balaban J connectivity index is 1.55. The first-order valence-electron chi connectivity index (χ1n) is 13.8. The zero-order valence-electron chi connectivity index (χ0n) is 25.1. The average molecular weight is 643 g/mol. The number of sulfonamides is 1. The Hall–Kier alpha value is -4.62. The molecular weight excluding hydrogens is 609 g/mol. The molecule has 238 valence electrons. The van der Waals surface area contributed by atoms with E-state index >= 15 is 0 Å². The number of hydrogen-bond acceptors (Lipinski definition) is 6. The second kappa shape index (κ2) is 14.0. The van der Waals surface area contributed by atoms with E-state index in [1.807, 2.05) is 30.3 Å². The number of benzene rings is 3. The third-order valence-corrected chi connectivity index (χ3v) is 8.96. The van der Waals surface area contributed by atoms with E-state index in [1.165, 1.54) is 61.4 Å². The van der Waals surface area contributed by atoms with Crippen molar-refractivity contribution in [2.24, 2.45) is 5.10 Å². The molecule has 0 radical (unpaired) electrons. The number of aryl methyl sites for hydroxylation is 1. The van der Waals surface area contributed by atoms with E-state index in [-0.39, 0.29) is 22.9 Å². The van der Waals surface area contributed by atoms with Gasteiger partial charge in [0.1, 0.15) is 0 Å². The lowest BCUT2D eigenvalue weighted by Gasteiger charge is -2.22. The van der Waals surface area contributed by atoms with Gasteiger partial charge in [-0.3, -0.25) is 4.79 Å². The van der Waals surface area contributed by atoms with Crippen LogP contribution in [0.4, 0.5) is 13.2 Å². The van der Waals surface area contributed by atoms with Gasteiger partial charge in [0.2, 0.25) is 10.0 Å². The Morgan fingerprint density at radius 1 is 0.956 bits per heavy atom. The Morgan fingerprint density at radius 2 is 1.62 bits per heavy atom. The summed E-state index contributed by atoms with van der Waals surface area (Å²) in [6.07, 6.45) is -2.90. The zero-order valence-corrected chi connectivity index (χ0v) is 25.9. The summed E-state index contributed by atoms with van der Waals surface area (Å²) in [5.74, 6) is -0.147. The highest BCUT2D eigenvalue weighted by Gasteiger charge is 2.34. The summed E-state index contributed by atoms with van der Waals surface area (Å²) < 4.78 is 81.4. The lowest BCUT2D eigenvalue weighted by atomic mass is 10.1. The summed E-state index contributed by atoms with van der Waals surface area (Å²) in [5, 5.41) is 3.98. The van der Waals surface area contributed by atoms with Gasteiger partial charge < -0.3 is 14.0 Å². The molecule has 0 saturated heterocycles. The van der Waals surface area contributed by atoms with E-state index in [1.54, 1.807) is 19.9 Å². The maximum absolute atomic E-state index is 13.7. The molecule has 13 heteroatoms. The van der Waals surface area contributed by atoms with Gasteiger partial charge in [-0.2, -0.15) is 22.6 Å². The molecule has 1 amide bonds. The van der Waals surface area contributed by atoms with Crippen LogP contribution < -0.4 is 14.9 Å². The Labute approximate surface area is 259 Å². The number of carbonyl (C=O) groups is 1. The Kier molecular flexibility index (Phi) is 10.3. The van der Waals surface area contributed by atoms with E-state index in [4.69, 9.17) is 9.47 Å². The first kappa shape index (κ1) is 33.3. The molecular formula is C32H33F3N4O5S. The molecule has 4 rings (SSSR count). The van der Waals surface area contributed by atoms with Crippen molar-refractivity contribution in [2.75, 3.05) is 27.3 Å². The van der Waals surface area contributed by atoms with E-state index in [9.17, 15) is 26.4 Å². The highest BCUT2D eigenvalue weighted by atomic mass is 32.2. The standard InChI is InChI=1S/C32H33F3N4O5S/c1-22-18-25(23(2)39(22)28-13-9-8-12-27(28)32(33,34)35)20-36-37-31(40)21-38(17-16-24-10-6-5-7-11-24)45(41,42)26-14-15-29(43-3)30(19-26)44-4/h5-15,18-20H,16-17,21H2,1-4H3,(H,37,40)/b36-20+. The van der Waals surface area contributed by atoms with Gasteiger partial charge in [-0.1, -0.05) is 42.5 Å². The van der Waals surface area contributed by atoms with Gasteiger partial charge in [-0.05, 0) is 56.2 Å². The van der Waals surface area contributed by atoms with E-state index in [0.29, 0.717) is 29.1 Å². The third-order valence-electron chi connectivity index (χ3n) is 7.12. The molecule has 45 heavy (non-hydrogen) atoms. The van der Waals surface area contributed by atoms with Crippen molar-refractivity contribution in [1.29, 1.82) is 0 Å². The molecule has 4 aromatic rings. The van der Waals surface area contributed by atoms with Crippen molar-refractivity contribution in [1.82, 2.24) is 14.3 Å². The van der Waals surface area contributed by atoms with Gasteiger partial charge >= 0.3 is 6.18 Å². The number of nitrogens with zero attached hydrogens (tertiary/aromatic N) is 3. The lowest BCUT2D eigenvalue weighted by Crippen LogP contribution is -2.40. The van der Waals surface area contributed by atoms with Crippen LogP contribution in [0.3, 0.4) is 0 Å². The number of methoxy groups -OCH3 is 2. The monoisotopic (exact) mass is 642 g/mol. The number of aromatic nitrogens is 1. The molecule has 0 aliphatic carbocycles. The highest BCUT2D eigenvalue weighted by molar-refractivity contribution is 7.89. The second-order valence-electron chi connectivity index (χ2n) is 10.1. The van der Waals surface area contributed by atoms with Crippen LogP contribution in [0.1, 0.15) is 28.1 Å². The van der Waals surface area contributed by atoms with Crippen LogP contribution >= 0.6 is 0 Å². The normalized spacial score (nSPS) is 12.1. The van der Waals surface area contributed by atoms with Crippen LogP contribution in [0, 0.1) is 13.8 Å². The van der Waals surface area contributed by atoms with E-state index < -0.39 is 34.2 Å². The molecule has 0 aliphatic rings. The van der Waals surface area contributed by atoms with Crippen LogP contribution in [-0.4, -0.2) is 56.7 Å². The van der Waals surface area contributed by atoms with Gasteiger partial charge in [0.15, 0.2) is 11.5 Å². The summed E-state index contributed by atoms with van der Waals surface area (Å²) in [7, 11) is -1.35. The highest BCUT2D eigenvalue weighted by Crippen LogP contribution is 2.35. The smallest absolute Gasteiger partial charge is 0.418 e. The van der Waals surface area contributed by atoms with Crippen molar-refractivity contribution in [2.45, 2.75) is 31.3 Å². The van der Waals surface area contributed by atoms with Gasteiger partial charge in [-0.15, -0.1) is 0 Å². The number of hydrogen-bond donors (Lipinski definition) is 1. The first-order valence-corrected chi connectivity index (χ1v) is 15.2. The first-order chi connectivity index (χ1) is 21.4. The number of carbonyl (C=O) groups excluding carboxylic acids is 1. The van der Waals surface area contributed by atoms with Crippen molar-refractivity contribution in [3.63, 3.8) is 0 Å². The fourth-order valence-electron chi connectivity index (χ4n) is 4.88. The number of halogens is 3. The number of nitrogens with one attached hydrogen (secondary N) is 1. The predicted molar refractivity (Wildman–Crippen MR) is 164 cm³/mol.